The second kappa shape index (κ2) is 8.81. The lowest BCUT2D eigenvalue weighted by Gasteiger charge is -2.28. The van der Waals surface area contributed by atoms with Gasteiger partial charge in [-0.1, -0.05) is 48.6 Å². The highest BCUT2D eigenvalue weighted by Crippen LogP contribution is 2.36. The summed E-state index contributed by atoms with van der Waals surface area (Å²) < 4.78 is 0. The van der Waals surface area contributed by atoms with Crippen molar-refractivity contribution in [3.8, 4) is 0 Å². The summed E-state index contributed by atoms with van der Waals surface area (Å²) in [6, 6.07) is 16.9. The third-order valence-electron chi connectivity index (χ3n) is 4.59. The van der Waals surface area contributed by atoms with E-state index < -0.39 is 0 Å². The second-order valence-corrected chi connectivity index (χ2v) is 6.25. The van der Waals surface area contributed by atoms with Gasteiger partial charge in [0.1, 0.15) is 0 Å². The average molecular weight is 338 g/mol. The van der Waals surface area contributed by atoms with E-state index in [1.54, 1.807) is 0 Å². The predicted molar refractivity (Wildman–Crippen MR) is 104 cm³/mol. The molecule has 0 fully saturated rings. The first kappa shape index (κ1) is 17.7. The number of aliphatic hydroxyl groups is 2. The van der Waals surface area contributed by atoms with Gasteiger partial charge in [0.15, 0.2) is 0 Å². The molecule has 1 aliphatic heterocycles. The van der Waals surface area contributed by atoms with Crippen molar-refractivity contribution in [1.82, 2.24) is 4.90 Å². The van der Waals surface area contributed by atoms with Gasteiger partial charge in [0, 0.05) is 37.6 Å². The first-order valence-corrected chi connectivity index (χ1v) is 8.91. The van der Waals surface area contributed by atoms with E-state index in [1.807, 2.05) is 0 Å². The lowest BCUT2D eigenvalue weighted by molar-refractivity contribution is 0.160. The highest BCUT2D eigenvalue weighted by molar-refractivity contribution is 5.88. The fourth-order valence-corrected chi connectivity index (χ4v) is 3.37. The highest BCUT2D eigenvalue weighted by atomic mass is 16.3. The van der Waals surface area contributed by atoms with Gasteiger partial charge in [0.2, 0.25) is 0 Å². The zero-order valence-corrected chi connectivity index (χ0v) is 14.5. The van der Waals surface area contributed by atoms with Crippen molar-refractivity contribution in [2.45, 2.75) is 6.42 Å². The Morgan fingerprint density at radius 3 is 1.76 bits per heavy atom. The molecule has 0 saturated heterocycles. The summed E-state index contributed by atoms with van der Waals surface area (Å²) in [5, 5.41) is 18.3. The second-order valence-electron chi connectivity index (χ2n) is 6.25. The molecule has 4 heteroatoms. The molecular weight excluding hydrogens is 312 g/mol. The third-order valence-corrected chi connectivity index (χ3v) is 4.59. The van der Waals surface area contributed by atoms with Crippen LogP contribution in [0.4, 0.5) is 11.4 Å². The number of hydrogen-bond acceptors (Lipinski definition) is 4. The van der Waals surface area contributed by atoms with Crippen molar-refractivity contribution >= 4 is 23.5 Å². The zero-order valence-electron chi connectivity index (χ0n) is 14.5. The SMILES string of the molecule is OCCN(CCO)CCCN1c2ccccc2C=Cc2ccccc21. The molecule has 2 aromatic rings. The fourth-order valence-electron chi connectivity index (χ4n) is 3.37. The first-order chi connectivity index (χ1) is 12.3. The predicted octanol–water partition coefficient (Wildman–Crippen LogP) is 2.99. The number of hydrogen-bond donors (Lipinski definition) is 2. The highest BCUT2D eigenvalue weighted by Gasteiger charge is 2.17. The molecule has 0 aromatic heterocycles. The lowest BCUT2D eigenvalue weighted by atomic mass is 10.1. The molecule has 1 heterocycles. The summed E-state index contributed by atoms with van der Waals surface area (Å²) in [6.07, 6.45) is 5.32. The lowest BCUT2D eigenvalue weighted by Crippen LogP contribution is -2.33. The normalized spacial score (nSPS) is 12.8. The van der Waals surface area contributed by atoms with E-state index in [0.717, 1.165) is 19.5 Å². The Bertz CT molecular complexity index is 659. The molecule has 2 aromatic carbocycles. The van der Waals surface area contributed by atoms with E-state index in [-0.39, 0.29) is 13.2 Å². The van der Waals surface area contributed by atoms with Gasteiger partial charge < -0.3 is 15.1 Å². The minimum absolute atomic E-state index is 0.124. The first-order valence-electron chi connectivity index (χ1n) is 8.91. The molecule has 3 rings (SSSR count). The Kier molecular flexibility index (Phi) is 6.23. The molecule has 0 spiro atoms. The molecule has 0 atom stereocenters. The monoisotopic (exact) mass is 338 g/mol. The van der Waals surface area contributed by atoms with E-state index in [2.05, 4.69) is 70.5 Å². The van der Waals surface area contributed by atoms with Crippen LogP contribution in [-0.4, -0.2) is 54.5 Å². The van der Waals surface area contributed by atoms with Crippen molar-refractivity contribution in [3.05, 3.63) is 59.7 Å². The number of aliphatic hydroxyl groups excluding tert-OH is 2. The van der Waals surface area contributed by atoms with E-state index in [9.17, 15) is 0 Å². The molecule has 0 amide bonds. The van der Waals surface area contributed by atoms with Crippen molar-refractivity contribution in [2.24, 2.45) is 0 Å². The van der Waals surface area contributed by atoms with Gasteiger partial charge in [-0.15, -0.1) is 0 Å². The molecule has 0 saturated carbocycles. The number of rotatable bonds is 8. The Hall–Kier alpha value is -2.14. The van der Waals surface area contributed by atoms with Crippen LogP contribution in [0.3, 0.4) is 0 Å². The average Bonchev–Trinajstić information content (AvgIpc) is 2.80. The van der Waals surface area contributed by atoms with Crippen LogP contribution in [0.25, 0.3) is 12.2 Å². The van der Waals surface area contributed by atoms with Crippen molar-refractivity contribution < 1.29 is 10.2 Å². The Balaban J connectivity index is 1.79. The van der Waals surface area contributed by atoms with Gasteiger partial charge in [0.05, 0.1) is 13.2 Å². The maximum Gasteiger partial charge on any atom is 0.0558 e. The van der Waals surface area contributed by atoms with Gasteiger partial charge >= 0.3 is 0 Å². The number of anilines is 2. The van der Waals surface area contributed by atoms with Crippen LogP contribution < -0.4 is 4.90 Å². The Labute approximate surface area is 149 Å². The zero-order chi connectivity index (χ0) is 17.5. The van der Waals surface area contributed by atoms with Crippen LogP contribution in [0.1, 0.15) is 17.5 Å². The number of fused-ring (bicyclic) bond motifs is 2. The molecule has 0 bridgehead atoms. The summed E-state index contributed by atoms with van der Waals surface area (Å²) in [4.78, 5) is 4.48. The van der Waals surface area contributed by atoms with Gasteiger partial charge in [-0.2, -0.15) is 0 Å². The minimum atomic E-state index is 0.124. The number of benzene rings is 2. The smallest absolute Gasteiger partial charge is 0.0558 e. The van der Waals surface area contributed by atoms with Gasteiger partial charge in [-0.3, -0.25) is 4.90 Å². The molecule has 4 nitrogen and oxygen atoms in total. The van der Waals surface area contributed by atoms with Crippen molar-refractivity contribution in [3.63, 3.8) is 0 Å². The van der Waals surface area contributed by atoms with Crippen LogP contribution in [0, 0.1) is 0 Å². The van der Waals surface area contributed by atoms with E-state index in [1.165, 1.54) is 22.5 Å². The largest absolute Gasteiger partial charge is 0.395 e. The molecule has 2 N–H and O–H groups in total. The molecule has 132 valence electrons. The Morgan fingerprint density at radius 1 is 0.720 bits per heavy atom. The minimum Gasteiger partial charge on any atom is -0.395 e. The van der Waals surface area contributed by atoms with Crippen LogP contribution in [0.15, 0.2) is 48.5 Å². The maximum absolute atomic E-state index is 9.17. The molecule has 0 radical (unpaired) electrons. The number of para-hydroxylation sites is 2. The van der Waals surface area contributed by atoms with Crippen LogP contribution in [0.2, 0.25) is 0 Å². The molecule has 0 aliphatic carbocycles. The summed E-state index contributed by atoms with van der Waals surface area (Å²) >= 11 is 0. The van der Waals surface area contributed by atoms with Crippen LogP contribution in [-0.2, 0) is 0 Å². The molecular formula is C21H26N2O2. The summed E-state index contributed by atoms with van der Waals surface area (Å²) in [6.45, 7) is 3.21. The van der Waals surface area contributed by atoms with Crippen LogP contribution in [0.5, 0.6) is 0 Å². The maximum atomic E-state index is 9.17. The molecule has 1 aliphatic rings. The van der Waals surface area contributed by atoms with Gasteiger partial charge in [-0.25, -0.2) is 0 Å². The quantitative estimate of drug-likeness (QED) is 0.777. The van der Waals surface area contributed by atoms with E-state index >= 15 is 0 Å². The van der Waals surface area contributed by atoms with Crippen LogP contribution >= 0.6 is 0 Å². The summed E-state index contributed by atoms with van der Waals surface area (Å²) in [7, 11) is 0. The molecule has 0 unspecified atom stereocenters. The van der Waals surface area contributed by atoms with Gasteiger partial charge in [-0.05, 0) is 29.7 Å². The van der Waals surface area contributed by atoms with Crippen molar-refractivity contribution in [2.75, 3.05) is 44.3 Å². The standard InChI is InChI=1S/C21H26N2O2/c24-16-14-22(15-17-25)12-5-13-23-20-8-3-1-6-18(20)10-11-19-7-2-4-9-21(19)23/h1-4,6-11,24-25H,5,12-17H2. The number of nitrogens with zero attached hydrogens (tertiary/aromatic N) is 2. The summed E-state index contributed by atoms with van der Waals surface area (Å²) in [5.74, 6) is 0. The Morgan fingerprint density at radius 2 is 1.24 bits per heavy atom. The molecule has 25 heavy (non-hydrogen) atoms. The van der Waals surface area contributed by atoms with Gasteiger partial charge in [0.25, 0.3) is 0 Å². The third kappa shape index (κ3) is 4.28. The van der Waals surface area contributed by atoms with E-state index in [0.29, 0.717) is 13.1 Å². The summed E-state index contributed by atoms with van der Waals surface area (Å²) in [5.41, 5.74) is 4.89. The van der Waals surface area contributed by atoms with E-state index in [4.69, 9.17) is 10.2 Å². The topological polar surface area (TPSA) is 46.9 Å². The fraction of sp³-hybridized carbons (Fsp3) is 0.333. The van der Waals surface area contributed by atoms with Crippen molar-refractivity contribution in [1.29, 1.82) is 0 Å².